The number of ether oxygens (including phenoxy) is 1. The van der Waals surface area contributed by atoms with Crippen LogP contribution in [-0.2, 0) is 31.0 Å². The van der Waals surface area contributed by atoms with Crippen LogP contribution in [0.15, 0.2) is 66.7 Å². The van der Waals surface area contributed by atoms with Gasteiger partial charge in [0.2, 0.25) is 0 Å². The standard InChI is InChI=1S/C25H29NO5/c27-15-22-13-21(6-9-24(22)29)25(30)14-26-11-10-18-2-1-3-20(12-18)17-31-16-19-4-7-23(28)8-5-19/h1-9,12-13,25-30H,10-11,14-17H2. The molecule has 0 aromatic heterocycles. The quantitative estimate of drug-likeness (QED) is 0.304. The average Bonchev–Trinajstić information content (AvgIpc) is 2.78. The zero-order valence-corrected chi connectivity index (χ0v) is 17.4. The van der Waals surface area contributed by atoms with Crippen LogP contribution in [0.4, 0.5) is 0 Å². The van der Waals surface area contributed by atoms with Crippen LogP contribution in [0, 0.1) is 0 Å². The SMILES string of the molecule is OCc1cc(C(O)CNCCc2cccc(COCc3ccc(O)cc3)c2)ccc1O. The van der Waals surface area contributed by atoms with Crippen LogP contribution in [0.25, 0.3) is 0 Å². The van der Waals surface area contributed by atoms with Crippen molar-refractivity contribution in [1.29, 1.82) is 0 Å². The van der Waals surface area contributed by atoms with Crippen LogP contribution in [0.3, 0.4) is 0 Å². The summed E-state index contributed by atoms with van der Waals surface area (Å²) >= 11 is 0. The summed E-state index contributed by atoms with van der Waals surface area (Å²) in [7, 11) is 0. The molecule has 164 valence electrons. The van der Waals surface area contributed by atoms with E-state index in [9.17, 15) is 20.4 Å². The summed E-state index contributed by atoms with van der Waals surface area (Å²) in [6.07, 6.45) is 0.0984. The second kappa shape index (κ2) is 11.5. The molecule has 0 radical (unpaired) electrons. The zero-order chi connectivity index (χ0) is 22.1. The number of aliphatic hydroxyl groups excluding tert-OH is 2. The normalized spacial score (nSPS) is 12.1. The van der Waals surface area contributed by atoms with E-state index in [0.717, 1.165) is 17.5 Å². The van der Waals surface area contributed by atoms with E-state index in [2.05, 4.69) is 17.4 Å². The lowest BCUT2D eigenvalue weighted by Gasteiger charge is -2.14. The molecule has 6 heteroatoms. The summed E-state index contributed by atoms with van der Waals surface area (Å²) in [6.45, 7) is 1.81. The highest BCUT2D eigenvalue weighted by Crippen LogP contribution is 2.22. The Hall–Kier alpha value is -2.90. The minimum atomic E-state index is -0.717. The van der Waals surface area contributed by atoms with Gasteiger partial charge in [-0.1, -0.05) is 42.5 Å². The highest BCUT2D eigenvalue weighted by molar-refractivity contribution is 5.36. The number of nitrogens with one attached hydrogen (secondary N) is 1. The molecule has 0 spiro atoms. The summed E-state index contributed by atoms with van der Waals surface area (Å²) in [5, 5.41) is 41.7. The monoisotopic (exact) mass is 423 g/mol. The van der Waals surface area contributed by atoms with Crippen molar-refractivity contribution in [3.8, 4) is 11.5 Å². The van der Waals surface area contributed by atoms with E-state index in [1.54, 1.807) is 24.3 Å². The first-order chi connectivity index (χ1) is 15.0. The Bertz CT molecular complexity index is 958. The number of phenolic OH excluding ortho intramolecular Hbond substituents is 1. The van der Waals surface area contributed by atoms with Crippen molar-refractivity contribution in [3.63, 3.8) is 0 Å². The van der Waals surface area contributed by atoms with Gasteiger partial charge in [0.25, 0.3) is 0 Å². The van der Waals surface area contributed by atoms with E-state index >= 15 is 0 Å². The van der Waals surface area contributed by atoms with Gasteiger partial charge in [0.05, 0.1) is 25.9 Å². The fraction of sp³-hybridized carbons (Fsp3) is 0.280. The van der Waals surface area contributed by atoms with Crippen molar-refractivity contribution in [2.24, 2.45) is 0 Å². The van der Waals surface area contributed by atoms with Gasteiger partial charge in [0.15, 0.2) is 0 Å². The van der Waals surface area contributed by atoms with Crippen LogP contribution in [-0.4, -0.2) is 33.5 Å². The number of hydrogen-bond donors (Lipinski definition) is 5. The Morgan fingerprint density at radius 2 is 1.58 bits per heavy atom. The molecule has 0 aliphatic rings. The average molecular weight is 424 g/mol. The molecule has 1 atom stereocenters. The Morgan fingerprint density at radius 1 is 0.839 bits per heavy atom. The molecule has 3 aromatic carbocycles. The third kappa shape index (κ3) is 7.08. The van der Waals surface area contributed by atoms with Gasteiger partial charge in [-0.3, -0.25) is 0 Å². The zero-order valence-electron chi connectivity index (χ0n) is 17.4. The predicted octanol–water partition coefficient (Wildman–Crippen LogP) is 3.17. The molecule has 1 unspecified atom stereocenters. The van der Waals surface area contributed by atoms with Crippen molar-refractivity contribution in [2.75, 3.05) is 13.1 Å². The van der Waals surface area contributed by atoms with Crippen molar-refractivity contribution in [1.82, 2.24) is 5.32 Å². The van der Waals surface area contributed by atoms with Crippen LogP contribution in [0.1, 0.15) is 33.9 Å². The second-order valence-corrected chi connectivity index (χ2v) is 7.50. The Labute approximate surface area is 182 Å². The van der Waals surface area contributed by atoms with Gasteiger partial charge in [0.1, 0.15) is 11.5 Å². The molecule has 0 amide bonds. The first kappa shape index (κ1) is 22.8. The molecule has 5 N–H and O–H groups in total. The smallest absolute Gasteiger partial charge is 0.121 e. The van der Waals surface area contributed by atoms with Crippen LogP contribution >= 0.6 is 0 Å². The number of aromatic hydroxyl groups is 2. The summed E-state index contributed by atoms with van der Waals surface area (Å²) < 4.78 is 5.77. The first-order valence-corrected chi connectivity index (χ1v) is 10.3. The molecule has 0 aliphatic carbocycles. The van der Waals surface area contributed by atoms with Gasteiger partial charge in [0, 0.05) is 12.1 Å². The third-order valence-electron chi connectivity index (χ3n) is 5.05. The number of phenols is 2. The molecular formula is C25H29NO5. The molecule has 0 bridgehead atoms. The molecule has 0 aliphatic heterocycles. The molecule has 0 heterocycles. The topological polar surface area (TPSA) is 102 Å². The fourth-order valence-corrected chi connectivity index (χ4v) is 3.28. The molecule has 3 aromatic rings. The number of benzene rings is 3. The Balaban J connectivity index is 1.41. The molecule has 31 heavy (non-hydrogen) atoms. The lowest BCUT2D eigenvalue weighted by Crippen LogP contribution is -2.23. The van der Waals surface area contributed by atoms with E-state index in [1.165, 1.54) is 11.6 Å². The Morgan fingerprint density at radius 3 is 2.35 bits per heavy atom. The molecule has 0 fully saturated rings. The maximum Gasteiger partial charge on any atom is 0.121 e. The van der Waals surface area contributed by atoms with E-state index in [0.29, 0.717) is 37.4 Å². The lowest BCUT2D eigenvalue weighted by atomic mass is 10.0. The van der Waals surface area contributed by atoms with Crippen LogP contribution in [0.5, 0.6) is 11.5 Å². The first-order valence-electron chi connectivity index (χ1n) is 10.3. The van der Waals surface area contributed by atoms with Crippen molar-refractivity contribution in [2.45, 2.75) is 32.3 Å². The van der Waals surface area contributed by atoms with Gasteiger partial charge in [-0.15, -0.1) is 0 Å². The fourth-order valence-electron chi connectivity index (χ4n) is 3.28. The molecule has 0 saturated heterocycles. The summed E-state index contributed by atoms with van der Waals surface area (Å²) in [5.41, 5.74) is 4.34. The minimum absolute atomic E-state index is 0.0262. The van der Waals surface area contributed by atoms with Gasteiger partial charge in [-0.2, -0.15) is 0 Å². The third-order valence-corrected chi connectivity index (χ3v) is 5.05. The molecular weight excluding hydrogens is 394 g/mol. The van der Waals surface area contributed by atoms with Crippen molar-refractivity contribution >= 4 is 0 Å². The van der Waals surface area contributed by atoms with E-state index < -0.39 is 6.10 Å². The molecule has 0 saturated carbocycles. The summed E-state index contributed by atoms with van der Waals surface area (Å²) in [6, 6.07) is 20.0. The predicted molar refractivity (Wildman–Crippen MR) is 119 cm³/mol. The van der Waals surface area contributed by atoms with E-state index in [-0.39, 0.29) is 18.1 Å². The second-order valence-electron chi connectivity index (χ2n) is 7.50. The van der Waals surface area contributed by atoms with E-state index in [4.69, 9.17) is 4.74 Å². The number of hydrogen-bond acceptors (Lipinski definition) is 6. The van der Waals surface area contributed by atoms with Crippen LogP contribution < -0.4 is 5.32 Å². The Kier molecular flexibility index (Phi) is 8.44. The van der Waals surface area contributed by atoms with Gasteiger partial charge in [-0.25, -0.2) is 0 Å². The highest BCUT2D eigenvalue weighted by Gasteiger charge is 2.10. The van der Waals surface area contributed by atoms with Crippen LogP contribution in [0.2, 0.25) is 0 Å². The molecule has 3 rings (SSSR count). The van der Waals surface area contributed by atoms with Gasteiger partial charge < -0.3 is 30.5 Å². The largest absolute Gasteiger partial charge is 0.508 e. The number of aliphatic hydroxyl groups is 2. The van der Waals surface area contributed by atoms with Crippen molar-refractivity contribution in [3.05, 3.63) is 94.5 Å². The van der Waals surface area contributed by atoms with Gasteiger partial charge >= 0.3 is 0 Å². The lowest BCUT2D eigenvalue weighted by molar-refractivity contribution is 0.107. The maximum absolute atomic E-state index is 10.3. The minimum Gasteiger partial charge on any atom is -0.508 e. The van der Waals surface area contributed by atoms with Crippen molar-refractivity contribution < 1.29 is 25.2 Å². The molecule has 6 nitrogen and oxygen atoms in total. The van der Waals surface area contributed by atoms with E-state index in [1.807, 2.05) is 24.3 Å². The summed E-state index contributed by atoms with van der Waals surface area (Å²) in [4.78, 5) is 0. The number of rotatable bonds is 11. The van der Waals surface area contributed by atoms with Gasteiger partial charge in [-0.05, 0) is 59.5 Å². The maximum atomic E-state index is 10.3. The highest BCUT2D eigenvalue weighted by atomic mass is 16.5. The summed E-state index contributed by atoms with van der Waals surface area (Å²) in [5.74, 6) is 0.272.